The summed E-state index contributed by atoms with van der Waals surface area (Å²) in [6.45, 7) is 0.221. The zero-order valence-corrected chi connectivity index (χ0v) is 9.85. The molecule has 1 aliphatic heterocycles. The van der Waals surface area contributed by atoms with Gasteiger partial charge in [0.15, 0.2) is 11.5 Å². The Hall–Kier alpha value is -1.91. The van der Waals surface area contributed by atoms with Gasteiger partial charge in [0.1, 0.15) is 11.4 Å². The predicted octanol–water partition coefficient (Wildman–Crippen LogP) is 2.19. The van der Waals surface area contributed by atoms with Crippen LogP contribution in [0.3, 0.4) is 0 Å². The highest BCUT2D eigenvalue weighted by Crippen LogP contribution is 2.42. The Bertz CT molecular complexity index is 478. The molecule has 0 amide bonds. The second-order valence-corrected chi connectivity index (χ2v) is 4.72. The molecule has 1 aromatic carbocycles. The van der Waals surface area contributed by atoms with E-state index >= 15 is 0 Å². The van der Waals surface area contributed by atoms with Crippen molar-refractivity contribution in [1.82, 2.24) is 0 Å². The van der Waals surface area contributed by atoms with Crippen molar-refractivity contribution in [2.75, 3.05) is 6.79 Å². The van der Waals surface area contributed by atoms with Crippen molar-refractivity contribution in [3.05, 3.63) is 18.2 Å². The maximum Gasteiger partial charge on any atom is 0.307 e. The van der Waals surface area contributed by atoms with Crippen molar-refractivity contribution in [1.29, 1.82) is 0 Å². The van der Waals surface area contributed by atoms with E-state index in [2.05, 4.69) is 0 Å². The van der Waals surface area contributed by atoms with E-state index in [4.69, 9.17) is 19.3 Å². The van der Waals surface area contributed by atoms with Crippen LogP contribution in [0.5, 0.6) is 17.2 Å². The molecular formula is C13H14O5. The van der Waals surface area contributed by atoms with Crippen molar-refractivity contribution in [3.63, 3.8) is 0 Å². The average molecular weight is 250 g/mol. The zero-order chi connectivity index (χ0) is 12.6. The van der Waals surface area contributed by atoms with Gasteiger partial charge in [-0.3, -0.25) is 4.79 Å². The van der Waals surface area contributed by atoms with Gasteiger partial charge in [-0.25, -0.2) is 0 Å². The minimum absolute atomic E-state index is 0.0431. The summed E-state index contributed by atoms with van der Waals surface area (Å²) in [5.41, 5.74) is -0.542. The Morgan fingerprint density at radius 1 is 1.33 bits per heavy atom. The smallest absolute Gasteiger partial charge is 0.307 e. The van der Waals surface area contributed by atoms with Crippen LogP contribution in [0.4, 0.5) is 0 Å². The molecule has 0 atom stereocenters. The first-order valence-electron chi connectivity index (χ1n) is 5.97. The van der Waals surface area contributed by atoms with Crippen molar-refractivity contribution in [3.8, 4) is 17.2 Å². The normalized spacial score (nSPS) is 19.1. The second kappa shape index (κ2) is 4.08. The highest BCUT2D eigenvalue weighted by Gasteiger charge is 2.41. The minimum atomic E-state index is -0.824. The molecule has 3 rings (SSSR count). The third kappa shape index (κ3) is 1.96. The van der Waals surface area contributed by atoms with Gasteiger partial charge in [-0.05, 0) is 31.4 Å². The first kappa shape index (κ1) is 11.2. The zero-order valence-electron chi connectivity index (χ0n) is 9.85. The number of hydrogen-bond donors (Lipinski definition) is 1. The SMILES string of the molecule is O=C(O)CC1(Oc2ccc3c(c2)OCO3)CCC1. The van der Waals surface area contributed by atoms with Gasteiger partial charge in [-0.15, -0.1) is 0 Å². The number of aliphatic carboxylic acids is 1. The minimum Gasteiger partial charge on any atom is -0.487 e. The standard InChI is InChI=1S/C13H14O5/c14-12(15)7-13(4-1-5-13)18-9-2-3-10-11(6-9)17-8-16-10/h2-3,6H,1,4-5,7-8H2,(H,14,15). The fourth-order valence-corrected chi connectivity index (χ4v) is 2.35. The molecule has 5 nitrogen and oxygen atoms in total. The number of benzene rings is 1. The van der Waals surface area contributed by atoms with E-state index in [1.165, 1.54) is 0 Å². The van der Waals surface area contributed by atoms with Gasteiger partial charge in [0, 0.05) is 6.07 Å². The number of ether oxygens (including phenoxy) is 3. The molecule has 2 aliphatic rings. The average Bonchev–Trinajstić information content (AvgIpc) is 2.72. The summed E-state index contributed by atoms with van der Waals surface area (Å²) in [5, 5.41) is 8.92. The van der Waals surface area contributed by atoms with E-state index in [1.54, 1.807) is 18.2 Å². The van der Waals surface area contributed by atoms with Crippen LogP contribution >= 0.6 is 0 Å². The molecule has 1 heterocycles. The molecule has 96 valence electrons. The molecule has 1 aliphatic carbocycles. The van der Waals surface area contributed by atoms with Gasteiger partial charge in [-0.2, -0.15) is 0 Å². The molecule has 1 aromatic rings. The quantitative estimate of drug-likeness (QED) is 0.887. The van der Waals surface area contributed by atoms with Crippen LogP contribution in [0.1, 0.15) is 25.7 Å². The molecule has 0 unspecified atom stereocenters. The summed E-state index contributed by atoms with van der Waals surface area (Å²) in [7, 11) is 0. The summed E-state index contributed by atoms with van der Waals surface area (Å²) >= 11 is 0. The lowest BCUT2D eigenvalue weighted by atomic mass is 9.77. The fourth-order valence-electron chi connectivity index (χ4n) is 2.35. The number of rotatable bonds is 4. The predicted molar refractivity (Wildman–Crippen MR) is 62.0 cm³/mol. The van der Waals surface area contributed by atoms with E-state index in [1.807, 2.05) is 0 Å². The molecule has 1 fully saturated rings. The highest BCUT2D eigenvalue weighted by molar-refractivity contribution is 5.68. The van der Waals surface area contributed by atoms with Crippen LogP contribution in [-0.2, 0) is 4.79 Å². The summed E-state index contributed by atoms with van der Waals surface area (Å²) in [5.74, 6) is 1.16. The van der Waals surface area contributed by atoms with Crippen molar-refractivity contribution in [2.45, 2.75) is 31.3 Å². The second-order valence-electron chi connectivity index (χ2n) is 4.72. The number of hydrogen-bond acceptors (Lipinski definition) is 4. The molecule has 5 heteroatoms. The van der Waals surface area contributed by atoms with Crippen molar-refractivity contribution in [2.24, 2.45) is 0 Å². The van der Waals surface area contributed by atoms with E-state index in [9.17, 15) is 4.79 Å². The van der Waals surface area contributed by atoms with E-state index in [0.29, 0.717) is 17.2 Å². The van der Waals surface area contributed by atoms with Gasteiger partial charge < -0.3 is 19.3 Å². The van der Waals surface area contributed by atoms with Gasteiger partial charge in [0.2, 0.25) is 6.79 Å². The Kier molecular flexibility index (Phi) is 2.54. The number of carboxylic acid groups (broad SMARTS) is 1. The Morgan fingerprint density at radius 3 is 2.78 bits per heavy atom. The van der Waals surface area contributed by atoms with Gasteiger partial charge >= 0.3 is 5.97 Å². The van der Waals surface area contributed by atoms with Crippen molar-refractivity contribution < 1.29 is 24.1 Å². The summed E-state index contributed by atoms with van der Waals surface area (Å²) in [6.07, 6.45) is 2.63. The number of carbonyl (C=O) groups is 1. The van der Waals surface area contributed by atoms with Crippen molar-refractivity contribution >= 4 is 5.97 Å². The van der Waals surface area contributed by atoms with Crippen LogP contribution in [0.2, 0.25) is 0 Å². The van der Waals surface area contributed by atoms with Gasteiger partial charge in [0.25, 0.3) is 0 Å². The first-order chi connectivity index (χ1) is 8.67. The summed E-state index contributed by atoms with van der Waals surface area (Å²) < 4.78 is 16.3. The fraction of sp³-hybridized carbons (Fsp3) is 0.462. The monoisotopic (exact) mass is 250 g/mol. The third-order valence-electron chi connectivity index (χ3n) is 3.42. The van der Waals surface area contributed by atoms with Crippen LogP contribution in [0.25, 0.3) is 0 Å². The molecule has 0 spiro atoms. The maximum absolute atomic E-state index is 10.9. The molecule has 0 saturated heterocycles. The Labute approximate surface area is 104 Å². The third-order valence-corrected chi connectivity index (χ3v) is 3.42. The Morgan fingerprint density at radius 2 is 2.11 bits per heavy atom. The largest absolute Gasteiger partial charge is 0.487 e. The van der Waals surface area contributed by atoms with Crippen LogP contribution in [0, 0.1) is 0 Å². The number of carboxylic acids is 1. The van der Waals surface area contributed by atoms with E-state index in [0.717, 1.165) is 19.3 Å². The van der Waals surface area contributed by atoms with E-state index in [-0.39, 0.29) is 13.2 Å². The van der Waals surface area contributed by atoms with E-state index < -0.39 is 11.6 Å². The van der Waals surface area contributed by atoms with Crippen LogP contribution < -0.4 is 14.2 Å². The molecular weight excluding hydrogens is 236 g/mol. The molecule has 0 bridgehead atoms. The van der Waals surface area contributed by atoms with Gasteiger partial charge in [0.05, 0.1) is 6.42 Å². The molecule has 1 saturated carbocycles. The summed E-state index contributed by atoms with van der Waals surface area (Å²) in [4.78, 5) is 10.9. The molecule has 18 heavy (non-hydrogen) atoms. The van der Waals surface area contributed by atoms with Crippen LogP contribution in [-0.4, -0.2) is 23.5 Å². The number of fused-ring (bicyclic) bond motifs is 1. The lowest BCUT2D eigenvalue weighted by molar-refractivity contribution is -0.144. The molecule has 0 radical (unpaired) electrons. The van der Waals surface area contributed by atoms with Crippen LogP contribution in [0.15, 0.2) is 18.2 Å². The lowest BCUT2D eigenvalue weighted by Gasteiger charge is -2.40. The first-order valence-corrected chi connectivity index (χ1v) is 5.97. The Balaban J connectivity index is 1.77. The molecule has 0 aromatic heterocycles. The maximum atomic E-state index is 10.9. The highest BCUT2D eigenvalue weighted by atomic mass is 16.7. The van der Waals surface area contributed by atoms with Gasteiger partial charge in [-0.1, -0.05) is 0 Å². The topological polar surface area (TPSA) is 65.0 Å². The lowest BCUT2D eigenvalue weighted by Crippen LogP contribution is -2.45. The molecule has 1 N–H and O–H groups in total. The summed E-state index contributed by atoms with van der Waals surface area (Å²) in [6, 6.07) is 5.32.